The number of benzene rings is 1. The Kier molecular flexibility index (Phi) is 6.43. The number of nitrogens with two attached hydrogens (primary N) is 1. The zero-order valence-electron chi connectivity index (χ0n) is 14.8. The lowest BCUT2D eigenvalue weighted by molar-refractivity contribution is -0.138. The normalized spacial score (nSPS) is 24.0. The number of amides is 2. The van der Waals surface area contributed by atoms with Crippen LogP contribution >= 0.6 is 23.2 Å². The van der Waals surface area contributed by atoms with Gasteiger partial charge in [-0.3, -0.25) is 9.59 Å². The van der Waals surface area contributed by atoms with Crippen LogP contribution in [0.25, 0.3) is 0 Å². The van der Waals surface area contributed by atoms with Crippen LogP contribution in [0, 0.1) is 5.92 Å². The van der Waals surface area contributed by atoms with Crippen molar-refractivity contribution in [2.45, 2.75) is 38.1 Å². The molecule has 0 bridgehead atoms. The third kappa shape index (κ3) is 4.70. The quantitative estimate of drug-likeness (QED) is 0.830. The molecule has 0 radical (unpaired) electrons. The van der Waals surface area contributed by atoms with Gasteiger partial charge in [0.2, 0.25) is 11.8 Å². The van der Waals surface area contributed by atoms with E-state index in [0.717, 1.165) is 25.2 Å². The van der Waals surface area contributed by atoms with Crippen molar-refractivity contribution in [2.24, 2.45) is 11.7 Å². The molecule has 2 amide bonds. The highest BCUT2D eigenvalue weighted by molar-refractivity contribution is 6.42. The smallest absolute Gasteiger partial charge is 0.227 e. The van der Waals surface area contributed by atoms with Crippen LogP contribution in [0.15, 0.2) is 18.2 Å². The Morgan fingerprint density at radius 3 is 2.50 bits per heavy atom. The molecule has 1 aromatic carbocycles. The van der Waals surface area contributed by atoms with Crippen LogP contribution in [0.2, 0.25) is 10.0 Å². The van der Waals surface area contributed by atoms with Gasteiger partial charge in [0, 0.05) is 25.0 Å². The van der Waals surface area contributed by atoms with Gasteiger partial charge >= 0.3 is 0 Å². The van der Waals surface area contributed by atoms with Crippen molar-refractivity contribution >= 4 is 35.0 Å². The number of hydrogen-bond donors (Lipinski definition) is 1. The molecule has 5 nitrogen and oxygen atoms in total. The minimum Gasteiger partial charge on any atom is -0.369 e. The van der Waals surface area contributed by atoms with Gasteiger partial charge in [-0.2, -0.15) is 0 Å². The Morgan fingerprint density at radius 1 is 1.12 bits per heavy atom. The Bertz CT molecular complexity index is 677. The SMILES string of the molecule is NC(=O)[C@@H]1CCN(C(=O)Cc2ccc(Cl)c(Cl)c2)[C@H](CN2CCCC2)C1. The summed E-state index contributed by atoms with van der Waals surface area (Å²) in [6.45, 7) is 3.52. The van der Waals surface area contributed by atoms with Crippen molar-refractivity contribution in [1.29, 1.82) is 0 Å². The number of hydrogen-bond acceptors (Lipinski definition) is 3. The maximum Gasteiger partial charge on any atom is 0.227 e. The highest BCUT2D eigenvalue weighted by atomic mass is 35.5. The van der Waals surface area contributed by atoms with Crippen LogP contribution in [0.4, 0.5) is 0 Å². The molecule has 0 saturated carbocycles. The Labute approximate surface area is 164 Å². The number of piperidine rings is 1. The summed E-state index contributed by atoms with van der Waals surface area (Å²) in [6.07, 6.45) is 3.97. The fourth-order valence-electron chi connectivity index (χ4n) is 4.00. The summed E-state index contributed by atoms with van der Waals surface area (Å²) >= 11 is 12.0. The standard InChI is InChI=1S/C19H25Cl2N3O2/c20-16-4-3-13(9-17(16)21)10-18(25)24-8-5-14(19(22)26)11-15(24)12-23-6-1-2-7-23/h3-4,9,14-15H,1-2,5-8,10-12H2,(H2,22,26)/t14-,15+/m1/s1. The highest BCUT2D eigenvalue weighted by Crippen LogP contribution is 2.27. The van der Waals surface area contributed by atoms with Gasteiger partial charge in [-0.25, -0.2) is 0 Å². The van der Waals surface area contributed by atoms with Crippen molar-refractivity contribution in [3.63, 3.8) is 0 Å². The molecule has 2 fully saturated rings. The molecule has 0 aromatic heterocycles. The number of likely N-dealkylation sites (tertiary alicyclic amines) is 2. The Morgan fingerprint density at radius 2 is 1.85 bits per heavy atom. The number of carbonyl (C=O) groups excluding carboxylic acids is 2. The van der Waals surface area contributed by atoms with Gasteiger partial charge in [-0.1, -0.05) is 29.3 Å². The lowest BCUT2D eigenvalue weighted by Gasteiger charge is -2.40. The summed E-state index contributed by atoms with van der Waals surface area (Å²) in [7, 11) is 0. The molecule has 2 N–H and O–H groups in total. The van der Waals surface area contributed by atoms with Crippen molar-refractivity contribution in [1.82, 2.24) is 9.80 Å². The molecule has 2 atom stereocenters. The number of rotatable bonds is 5. The van der Waals surface area contributed by atoms with Crippen molar-refractivity contribution < 1.29 is 9.59 Å². The topological polar surface area (TPSA) is 66.6 Å². The summed E-state index contributed by atoms with van der Waals surface area (Å²) in [5.74, 6) is -0.333. The predicted molar refractivity (Wildman–Crippen MR) is 103 cm³/mol. The lowest BCUT2D eigenvalue weighted by Crippen LogP contribution is -2.53. The second-order valence-corrected chi connectivity index (χ2v) is 8.11. The monoisotopic (exact) mass is 397 g/mol. The number of carbonyl (C=O) groups is 2. The second-order valence-electron chi connectivity index (χ2n) is 7.30. The van der Waals surface area contributed by atoms with Crippen LogP contribution in [0.1, 0.15) is 31.2 Å². The third-order valence-electron chi connectivity index (χ3n) is 5.45. The Balaban J connectivity index is 1.70. The van der Waals surface area contributed by atoms with Gasteiger partial charge in [-0.05, 0) is 56.5 Å². The molecule has 2 aliphatic rings. The van der Waals surface area contributed by atoms with Crippen LogP contribution in [-0.4, -0.2) is 53.8 Å². The van der Waals surface area contributed by atoms with E-state index in [1.807, 2.05) is 11.0 Å². The Hall–Kier alpha value is -1.30. The first-order chi connectivity index (χ1) is 12.4. The van der Waals surface area contributed by atoms with Gasteiger partial charge in [0.15, 0.2) is 0 Å². The molecule has 0 aliphatic carbocycles. The summed E-state index contributed by atoms with van der Waals surface area (Å²) in [5.41, 5.74) is 6.38. The van der Waals surface area contributed by atoms with Crippen LogP contribution in [0.5, 0.6) is 0 Å². The van der Waals surface area contributed by atoms with Crippen LogP contribution in [-0.2, 0) is 16.0 Å². The van der Waals surface area contributed by atoms with Gasteiger partial charge < -0.3 is 15.5 Å². The van der Waals surface area contributed by atoms with E-state index >= 15 is 0 Å². The predicted octanol–water partition coefficient (Wildman–Crippen LogP) is 2.72. The zero-order chi connectivity index (χ0) is 18.7. The van der Waals surface area contributed by atoms with E-state index in [-0.39, 0.29) is 30.2 Å². The molecule has 142 valence electrons. The molecule has 1 aromatic rings. The van der Waals surface area contributed by atoms with E-state index in [2.05, 4.69) is 4.90 Å². The van der Waals surface area contributed by atoms with Gasteiger partial charge in [-0.15, -0.1) is 0 Å². The molecule has 2 heterocycles. The van der Waals surface area contributed by atoms with Gasteiger partial charge in [0.1, 0.15) is 0 Å². The van der Waals surface area contributed by atoms with E-state index in [9.17, 15) is 9.59 Å². The zero-order valence-corrected chi connectivity index (χ0v) is 16.3. The van der Waals surface area contributed by atoms with E-state index in [1.54, 1.807) is 12.1 Å². The fraction of sp³-hybridized carbons (Fsp3) is 0.579. The van der Waals surface area contributed by atoms with Crippen LogP contribution < -0.4 is 5.73 Å². The molecular formula is C19H25Cl2N3O2. The first kappa shape index (κ1) is 19.5. The van der Waals surface area contributed by atoms with Crippen molar-refractivity contribution in [3.05, 3.63) is 33.8 Å². The first-order valence-electron chi connectivity index (χ1n) is 9.19. The summed E-state index contributed by atoms with van der Waals surface area (Å²) in [4.78, 5) is 28.9. The molecule has 26 heavy (non-hydrogen) atoms. The van der Waals surface area contributed by atoms with Gasteiger partial charge in [0.05, 0.1) is 16.5 Å². The summed E-state index contributed by atoms with van der Waals surface area (Å²) < 4.78 is 0. The number of halogens is 2. The molecule has 0 unspecified atom stereocenters. The van der Waals surface area contributed by atoms with Crippen molar-refractivity contribution in [2.75, 3.05) is 26.2 Å². The molecule has 3 rings (SSSR count). The van der Waals surface area contributed by atoms with E-state index < -0.39 is 0 Å². The third-order valence-corrected chi connectivity index (χ3v) is 6.18. The van der Waals surface area contributed by atoms with E-state index in [4.69, 9.17) is 28.9 Å². The highest BCUT2D eigenvalue weighted by Gasteiger charge is 2.35. The average molecular weight is 398 g/mol. The summed E-state index contributed by atoms with van der Waals surface area (Å²) in [6, 6.07) is 5.33. The van der Waals surface area contributed by atoms with E-state index in [0.29, 0.717) is 29.4 Å². The van der Waals surface area contributed by atoms with Crippen LogP contribution in [0.3, 0.4) is 0 Å². The molecule has 0 spiro atoms. The fourth-order valence-corrected chi connectivity index (χ4v) is 4.32. The van der Waals surface area contributed by atoms with E-state index in [1.165, 1.54) is 12.8 Å². The molecular weight excluding hydrogens is 373 g/mol. The first-order valence-corrected chi connectivity index (χ1v) is 9.94. The number of nitrogens with zero attached hydrogens (tertiary/aromatic N) is 2. The van der Waals surface area contributed by atoms with Gasteiger partial charge in [0.25, 0.3) is 0 Å². The second kappa shape index (κ2) is 8.59. The molecule has 2 saturated heterocycles. The lowest BCUT2D eigenvalue weighted by atomic mass is 9.89. The average Bonchev–Trinajstić information content (AvgIpc) is 3.11. The minimum absolute atomic E-state index is 0.0367. The molecule has 2 aliphatic heterocycles. The molecule has 7 heteroatoms. The number of primary amides is 1. The largest absolute Gasteiger partial charge is 0.369 e. The maximum atomic E-state index is 12.9. The summed E-state index contributed by atoms with van der Waals surface area (Å²) in [5, 5.41) is 0.940. The van der Waals surface area contributed by atoms with Crippen molar-refractivity contribution in [3.8, 4) is 0 Å². The maximum absolute atomic E-state index is 12.9. The minimum atomic E-state index is -0.256.